The monoisotopic (exact) mass is 383 g/mol. The highest BCUT2D eigenvalue weighted by Gasteiger charge is 2.18. The summed E-state index contributed by atoms with van der Waals surface area (Å²) in [5.74, 6) is 1.40. The van der Waals surface area contributed by atoms with Gasteiger partial charge >= 0.3 is 6.09 Å². The smallest absolute Gasteiger partial charge is 0.407 e. The number of anilines is 1. The lowest BCUT2D eigenvalue weighted by atomic mass is 10.2. The van der Waals surface area contributed by atoms with E-state index in [2.05, 4.69) is 21.8 Å². The largest absolute Gasteiger partial charge is 0.444 e. The maximum atomic E-state index is 12.0. The van der Waals surface area contributed by atoms with Crippen LogP contribution in [-0.2, 0) is 17.7 Å². The Morgan fingerprint density at radius 1 is 1.25 bits per heavy atom. The number of fused-ring (bicyclic) bond motifs is 3. The number of nitrogens with two attached hydrogens (primary N) is 1. The zero-order chi connectivity index (χ0) is 20.3. The van der Waals surface area contributed by atoms with Gasteiger partial charge in [-0.1, -0.05) is 31.5 Å². The van der Waals surface area contributed by atoms with Crippen LogP contribution in [0.1, 0.15) is 46.4 Å². The van der Waals surface area contributed by atoms with Crippen molar-refractivity contribution in [2.24, 2.45) is 0 Å². The minimum atomic E-state index is -0.519. The van der Waals surface area contributed by atoms with E-state index >= 15 is 0 Å². The van der Waals surface area contributed by atoms with Crippen molar-refractivity contribution in [1.29, 1.82) is 0 Å². The molecule has 0 aliphatic carbocycles. The average Bonchev–Trinajstić information content (AvgIpc) is 2.98. The van der Waals surface area contributed by atoms with Crippen molar-refractivity contribution in [1.82, 2.24) is 19.9 Å². The second-order valence-electron chi connectivity index (χ2n) is 7.92. The number of carbonyl (C=O) groups excluding carboxylic acids is 1. The second kappa shape index (κ2) is 8.04. The maximum absolute atomic E-state index is 12.0. The Hall–Kier alpha value is -2.83. The molecule has 0 unspecified atom stereocenters. The molecule has 2 aromatic heterocycles. The van der Waals surface area contributed by atoms with E-state index in [4.69, 9.17) is 15.5 Å². The average molecular weight is 383 g/mol. The summed E-state index contributed by atoms with van der Waals surface area (Å²) >= 11 is 0. The van der Waals surface area contributed by atoms with Gasteiger partial charge in [0, 0.05) is 24.9 Å². The number of aromatic nitrogens is 3. The SMILES string of the molecule is CCCCc1nc2c(N)nc3ccccc3c2n1CCNC(=O)OC(C)(C)C. The normalized spacial score (nSPS) is 11.9. The molecule has 3 aromatic rings. The third-order valence-corrected chi connectivity index (χ3v) is 4.45. The highest BCUT2D eigenvalue weighted by atomic mass is 16.6. The van der Waals surface area contributed by atoms with Crippen molar-refractivity contribution in [2.75, 3.05) is 12.3 Å². The maximum Gasteiger partial charge on any atom is 0.407 e. The lowest BCUT2D eigenvalue weighted by molar-refractivity contribution is 0.0526. The van der Waals surface area contributed by atoms with Gasteiger partial charge in [-0.15, -0.1) is 0 Å². The molecule has 7 heteroatoms. The van der Waals surface area contributed by atoms with Crippen LogP contribution in [0.5, 0.6) is 0 Å². The quantitative estimate of drug-likeness (QED) is 0.670. The van der Waals surface area contributed by atoms with E-state index in [1.807, 2.05) is 45.0 Å². The van der Waals surface area contributed by atoms with Crippen LogP contribution in [0.15, 0.2) is 24.3 Å². The van der Waals surface area contributed by atoms with Crippen LogP contribution >= 0.6 is 0 Å². The number of carbonyl (C=O) groups is 1. The third kappa shape index (κ3) is 4.35. The second-order valence-corrected chi connectivity index (χ2v) is 7.92. The van der Waals surface area contributed by atoms with Crippen molar-refractivity contribution in [3.63, 3.8) is 0 Å². The molecule has 0 aliphatic heterocycles. The molecule has 7 nitrogen and oxygen atoms in total. The summed E-state index contributed by atoms with van der Waals surface area (Å²) in [6.07, 6.45) is 2.55. The number of nitrogens with one attached hydrogen (secondary N) is 1. The Kier molecular flexibility index (Phi) is 5.72. The zero-order valence-corrected chi connectivity index (χ0v) is 17.1. The lowest BCUT2D eigenvalue weighted by Gasteiger charge is -2.20. The van der Waals surface area contributed by atoms with Crippen LogP contribution in [0.3, 0.4) is 0 Å². The van der Waals surface area contributed by atoms with Crippen molar-refractivity contribution in [2.45, 2.75) is 59.1 Å². The molecule has 0 spiro atoms. The molecule has 2 heterocycles. The van der Waals surface area contributed by atoms with E-state index in [0.29, 0.717) is 18.9 Å². The summed E-state index contributed by atoms with van der Waals surface area (Å²) in [7, 11) is 0. The number of amides is 1. The highest BCUT2D eigenvalue weighted by Crippen LogP contribution is 2.29. The summed E-state index contributed by atoms with van der Waals surface area (Å²) in [6.45, 7) is 8.73. The Bertz CT molecular complexity index is 988. The van der Waals surface area contributed by atoms with Crippen LogP contribution in [0, 0.1) is 0 Å². The predicted octanol–water partition coefficient (Wildman–Crippen LogP) is 4.03. The fourth-order valence-corrected chi connectivity index (χ4v) is 3.26. The molecule has 150 valence electrons. The number of nitrogens with zero attached hydrogens (tertiary/aromatic N) is 3. The minimum absolute atomic E-state index is 0.418. The molecule has 1 amide bonds. The summed E-state index contributed by atoms with van der Waals surface area (Å²) < 4.78 is 7.48. The molecule has 1 aromatic carbocycles. The molecule has 0 aliphatic rings. The van der Waals surface area contributed by atoms with Gasteiger partial charge in [-0.2, -0.15) is 0 Å². The number of benzene rings is 1. The topological polar surface area (TPSA) is 95.1 Å². The first-order valence-electron chi connectivity index (χ1n) is 9.80. The number of alkyl carbamates (subject to hydrolysis) is 1. The summed E-state index contributed by atoms with van der Waals surface area (Å²) in [4.78, 5) is 21.3. The minimum Gasteiger partial charge on any atom is -0.444 e. The number of imidazole rings is 1. The Morgan fingerprint density at radius 2 is 2.00 bits per heavy atom. The molecule has 0 atom stereocenters. The Morgan fingerprint density at radius 3 is 2.71 bits per heavy atom. The first-order valence-corrected chi connectivity index (χ1v) is 9.80. The van der Waals surface area contributed by atoms with E-state index in [1.165, 1.54) is 0 Å². The predicted molar refractivity (Wildman–Crippen MR) is 112 cm³/mol. The van der Waals surface area contributed by atoms with Gasteiger partial charge in [-0.25, -0.2) is 14.8 Å². The first-order chi connectivity index (χ1) is 13.3. The number of para-hydroxylation sites is 1. The van der Waals surface area contributed by atoms with Gasteiger partial charge in [0.25, 0.3) is 0 Å². The van der Waals surface area contributed by atoms with E-state index < -0.39 is 11.7 Å². The number of nitrogen functional groups attached to an aromatic ring is 1. The molecule has 0 bridgehead atoms. The number of unbranched alkanes of at least 4 members (excludes halogenated alkanes) is 1. The summed E-state index contributed by atoms with van der Waals surface area (Å²) in [6, 6.07) is 7.92. The molecule has 0 saturated heterocycles. The summed E-state index contributed by atoms with van der Waals surface area (Å²) in [5.41, 5.74) is 8.22. The van der Waals surface area contributed by atoms with Gasteiger partial charge < -0.3 is 20.4 Å². The van der Waals surface area contributed by atoms with Crippen molar-refractivity contribution in [3.05, 3.63) is 30.1 Å². The number of hydrogen-bond donors (Lipinski definition) is 2. The van der Waals surface area contributed by atoms with Crippen LogP contribution < -0.4 is 11.1 Å². The van der Waals surface area contributed by atoms with Crippen LogP contribution in [0.25, 0.3) is 21.9 Å². The van der Waals surface area contributed by atoms with E-state index in [-0.39, 0.29) is 0 Å². The van der Waals surface area contributed by atoms with Crippen molar-refractivity contribution in [3.8, 4) is 0 Å². The standard InChI is InChI=1S/C21H29N5O2/c1-5-6-11-16-25-17-18(14-9-7-8-10-15(14)24-19(17)22)26(16)13-12-23-20(27)28-21(2,3)4/h7-10H,5-6,11-13H2,1-4H3,(H2,22,24)(H,23,27). The zero-order valence-electron chi connectivity index (χ0n) is 17.1. The van der Waals surface area contributed by atoms with Gasteiger partial charge in [-0.05, 0) is 33.3 Å². The van der Waals surface area contributed by atoms with Gasteiger partial charge in [-0.3, -0.25) is 0 Å². The van der Waals surface area contributed by atoms with E-state index in [0.717, 1.165) is 47.0 Å². The Labute approximate surface area is 165 Å². The molecular formula is C21H29N5O2. The van der Waals surface area contributed by atoms with Crippen LogP contribution in [-0.4, -0.2) is 32.8 Å². The van der Waals surface area contributed by atoms with E-state index in [1.54, 1.807) is 0 Å². The molecular weight excluding hydrogens is 354 g/mol. The number of hydrogen-bond acceptors (Lipinski definition) is 5. The first kappa shape index (κ1) is 19.9. The number of rotatable bonds is 6. The highest BCUT2D eigenvalue weighted by molar-refractivity contribution is 6.06. The molecule has 3 N–H and O–H groups in total. The van der Waals surface area contributed by atoms with Gasteiger partial charge in [0.05, 0.1) is 11.0 Å². The molecule has 0 saturated carbocycles. The number of aryl methyl sites for hydroxylation is 1. The Balaban J connectivity index is 1.95. The summed E-state index contributed by atoms with van der Waals surface area (Å²) in [5, 5.41) is 3.84. The number of ether oxygens (including phenoxy) is 1. The fourth-order valence-electron chi connectivity index (χ4n) is 3.26. The number of pyridine rings is 1. The van der Waals surface area contributed by atoms with E-state index in [9.17, 15) is 4.79 Å². The van der Waals surface area contributed by atoms with Crippen LogP contribution in [0.4, 0.5) is 10.6 Å². The van der Waals surface area contributed by atoms with Gasteiger partial charge in [0.15, 0.2) is 5.82 Å². The molecule has 28 heavy (non-hydrogen) atoms. The molecule has 0 radical (unpaired) electrons. The van der Waals surface area contributed by atoms with Gasteiger partial charge in [0.2, 0.25) is 0 Å². The van der Waals surface area contributed by atoms with Gasteiger partial charge in [0.1, 0.15) is 16.9 Å². The molecule has 3 rings (SSSR count). The lowest BCUT2D eigenvalue weighted by Crippen LogP contribution is -2.34. The fraction of sp³-hybridized carbons (Fsp3) is 0.476. The third-order valence-electron chi connectivity index (χ3n) is 4.45. The van der Waals surface area contributed by atoms with Crippen molar-refractivity contribution < 1.29 is 9.53 Å². The van der Waals surface area contributed by atoms with Crippen molar-refractivity contribution >= 4 is 33.8 Å². The van der Waals surface area contributed by atoms with Crippen LogP contribution in [0.2, 0.25) is 0 Å². The molecule has 0 fully saturated rings.